The van der Waals surface area contributed by atoms with E-state index in [-0.39, 0.29) is 0 Å². The Balaban J connectivity index is 2.34. The van der Waals surface area contributed by atoms with Crippen LogP contribution in [0.1, 0.15) is 6.92 Å². The van der Waals surface area contributed by atoms with E-state index in [0.717, 1.165) is 5.69 Å². The van der Waals surface area contributed by atoms with Crippen molar-refractivity contribution >= 4 is 17.6 Å². The zero-order valence-electron chi connectivity index (χ0n) is 10.6. The van der Waals surface area contributed by atoms with E-state index in [0.29, 0.717) is 13.1 Å². The minimum absolute atomic E-state index is 0.418. The molecular formula is C13H18N2O3. The Labute approximate surface area is 106 Å². The number of amides is 1. The molecule has 5 nitrogen and oxygen atoms in total. The Hall–Kier alpha value is -2.04. The van der Waals surface area contributed by atoms with Crippen LogP contribution in [0.4, 0.5) is 5.69 Å². The molecule has 1 rings (SSSR count). The van der Waals surface area contributed by atoms with Crippen molar-refractivity contribution in [3.63, 3.8) is 0 Å². The summed E-state index contributed by atoms with van der Waals surface area (Å²) in [7, 11) is 1.92. The lowest BCUT2D eigenvalue weighted by molar-refractivity contribution is -0.146. The molecule has 0 heterocycles. The van der Waals surface area contributed by atoms with Crippen LogP contribution in [-0.4, -0.2) is 37.1 Å². The highest BCUT2D eigenvalue weighted by Gasteiger charge is 2.19. The van der Waals surface area contributed by atoms with Crippen LogP contribution in [0.5, 0.6) is 0 Å². The number of rotatable bonds is 6. The third-order valence-corrected chi connectivity index (χ3v) is 2.71. The van der Waals surface area contributed by atoms with E-state index >= 15 is 0 Å². The summed E-state index contributed by atoms with van der Waals surface area (Å²) >= 11 is 0. The van der Waals surface area contributed by atoms with Crippen LogP contribution in [0.3, 0.4) is 0 Å². The second kappa shape index (κ2) is 6.64. The molecule has 0 spiro atoms. The molecule has 0 aliphatic heterocycles. The van der Waals surface area contributed by atoms with Gasteiger partial charge in [0, 0.05) is 25.8 Å². The number of hydrogen-bond donors (Lipinski definition) is 2. The summed E-state index contributed by atoms with van der Waals surface area (Å²) in [5.41, 5.74) is 1.05. The number of benzene rings is 1. The van der Waals surface area contributed by atoms with Gasteiger partial charge >= 0.3 is 5.97 Å². The number of hydrogen-bond acceptors (Lipinski definition) is 3. The van der Waals surface area contributed by atoms with Gasteiger partial charge in [0.25, 0.3) is 0 Å². The van der Waals surface area contributed by atoms with Gasteiger partial charge in [0.2, 0.25) is 5.91 Å². The number of para-hydroxylation sites is 1. The predicted octanol–water partition coefficient (Wildman–Crippen LogP) is 0.960. The second-order valence-electron chi connectivity index (χ2n) is 4.11. The van der Waals surface area contributed by atoms with E-state index in [4.69, 9.17) is 5.11 Å². The number of carboxylic acid groups (broad SMARTS) is 1. The fourth-order valence-electron chi connectivity index (χ4n) is 1.42. The Morgan fingerprint density at radius 3 is 2.50 bits per heavy atom. The molecule has 0 aromatic heterocycles. The van der Waals surface area contributed by atoms with E-state index in [1.807, 2.05) is 42.3 Å². The molecule has 1 amide bonds. The number of aliphatic carboxylic acids is 1. The van der Waals surface area contributed by atoms with Crippen LogP contribution in [0, 0.1) is 5.92 Å². The maximum atomic E-state index is 11.4. The Morgan fingerprint density at radius 1 is 1.33 bits per heavy atom. The summed E-state index contributed by atoms with van der Waals surface area (Å²) in [5.74, 6) is -2.57. The van der Waals surface area contributed by atoms with Crippen molar-refractivity contribution in [2.45, 2.75) is 6.92 Å². The molecule has 0 bridgehead atoms. The highest BCUT2D eigenvalue weighted by Crippen LogP contribution is 2.09. The first kappa shape index (κ1) is 14.0. The normalized spacial score (nSPS) is 11.7. The van der Waals surface area contributed by atoms with Gasteiger partial charge in [-0.3, -0.25) is 9.59 Å². The molecule has 0 radical (unpaired) electrons. The molecule has 0 saturated heterocycles. The maximum absolute atomic E-state index is 11.4. The SMILES string of the molecule is CC(C(=O)O)C(=O)NCCN(C)c1ccccc1. The number of likely N-dealkylation sites (N-methyl/N-ethyl adjacent to an activating group) is 1. The van der Waals surface area contributed by atoms with Gasteiger partial charge in [-0.2, -0.15) is 0 Å². The van der Waals surface area contributed by atoms with Crippen molar-refractivity contribution in [2.75, 3.05) is 25.0 Å². The largest absolute Gasteiger partial charge is 0.481 e. The van der Waals surface area contributed by atoms with E-state index in [1.54, 1.807) is 0 Å². The first-order chi connectivity index (χ1) is 8.52. The molecule has 0 fully saturated rings. The standard InChI is InChI=1S/C13H18N2O3/c1-10(13(17)18)12(16)14-8-9-15(2)11-6-4-3-5-7-11/h3-7,10H,8-9H2,1-2H3,(H,14,16)(H,17,18). The smallest absolute Gasteiger partial charge is 0.315 e. The van der Waals surface area contributed by atoms with Gasteiger partial charge in [-0.1, -0.05) is 18.2 Å². The summed E-state index contributed by atoms with van der Waals surface area (Å²) in [6, 6.07) is 9.77. The summed E-state index contributed by atoms with van der Waals surface area (Å²) < 4.78 is 0. The molecular weight excluding hydrogens is 232 g/mol. The molecule has 5 heteroatoms. The number of nitrogens with zero attached hydrogens (tertiary/aromatic N) is 1. The lowest BCUT2D eigenvalue weighted by atomic mass is 10.2. The van der Waals surface area contributed by atoms with Crippen molar-refractivity contribution in [3.05, 3.63) is 30.3 Å². The molecule has 0 aliphatic carbocycles. The van der Waals surface area contributed by atoms with Crippen molar-refractivity contribution in [1.82, 2.24) is 5.32 Å². The molecule has 1 atom stereocenters. The molecule has 98 valence electrons. The van der Waals surface area contributed by atoms with Crippen LogP contribution in [0.15, 0.2) is 30.3 Å². The van der Waals surface area contributed by atoms with Gasteiger partial charge in [0.1, 0.15) is 5.92 Å². The number of carbonyl (C=O) groups excluding carboxylic acids is 1. The minimum Gasteiger partial charge on any atom is -0.481 e. The van der Waals surface area contributed by atoms with Crippen LogP contribution in [0.2, 0.25) is 0 Å². The van der Waals surface area contributed by atoms with Crippen LogP contribution in [0.25, 0.3) is 0 Å². The maximum Gasteiger partial charge on any atom is 0.315 e. The molecule has 0 saturated carbocycles. The third kappa shape index (κ3) is 4.08. The Bertz CT molecular complexity index is 406. The van der Waals surface area contributed by atoms with Gasteiger partial charge in [0.05, 0.1) is 0 Å². The third-order valence-electron chi connectivity index (χ3n) is 2.71. The molecule has 0 aliphatic rings. The summed E-state index contributed by atoms with van der Waals surface area (Å²) in [5, 5.41) is 11.3. The van der Waals surface area contributed by atoms with Crippen molar-refractivity contribution in [1.29, 1.82) is 0 Å². The molecule has 1 unspecified atom stereocenters. The number of nitrogens with one attached hydrogen (secondary N) is 1. The number of carboxylic acids is 1. The number of carbonyl (C=O) groups is 2. The van der Waals surface area contributed by atoms with Gasteiger partial charge in [-0.25, -0.2) is 0 Å². The molecule has 1 aromatic carbocycles. The van der Waals surface area contributed by atoms with Gasteiger partial charge < -0.3 is 15.3 Å². The average Bonchev–Trinajstić information content (AvgIpc) is 2.38. The quantitative estimate of drug-likeness (QED) is 0.738. The highest BCUT2D eigenvalue weighted by molar-refractivity contribution is 5.96. The monoisotopic (exact) mass is 250 g/mol. The fourth-order valence-corrected chi connectivity index (χ4v) is 1.42. The van der Waals surface area contributed by atoms with Crippen LogP contribution in [-0.2, 0) is 9.59 Å². The van der Waals surface area contributed by atoms with E-state index in [9.17, 15) is 9.59 Å². The van der Waals surface area contributed by atoms with Gasteiger partial charge in [-0.15, -0.1) is 0 Å². The van der Waals surface area contributed by atoms with Gasteiger partial charge in [0.15, 0.2) is 0 Å². The molecule has 1 aromatic rings. The average molecular weight is 250 g/mol. The Morgan fingerprint density at radius 2 is 1.94 bits per heavy atom. The molecule has 2 N–H and O–H groups in total. The van der Waals surface area contributed by atoms with Crippen molar-refractivity contribution < 1.29 is 14.7 Å². The van der Waals surface area contributed by atoms with Crippen molar-refractivity contribution in [3.8, 4) is 0 Å². The first-order valence-corrected chi connectivity index (χ1v) is 5.79. The summed E-state index contributed by atoms with van der Waals surface area (Å²) in [6.45, 7) is 2.42. The molecule has 18 heavy (non-hydrogen) atoms. The minimum atomic E-state index is -1.11. The summed E-state index contributed by atoms with van der Waals surface area (Å²) in [4.78, 5) is 24.0. The van der Waals surface area contributed by atoms with E-state index in [1.165, 1.54) is 6.92 Å². The lowest BCUT2D eigenvalue weighted by Gasteiger charge is -2.19. The fraction of sp³-hybridized carbons (Fsp3) is 0.385. The zero-order valence-corrected chi connectivity index (χ0v) is 10.6. The number of anilines is 1. The first-order valence-electron chi connectivity index (χ1n) is 5.79. The second-order valence-corrected chi connectivity index (χ2v) is 4.11. The lowest BCUT2D eigenvalue weighted by Crippen LogP contribution is -2.38. The topological polar surface area (TPSA) is 69.6 Å². The van der Waals surface area contributed by atoms with Crippen LogP contribution >= 0.6 is 0 Å². The van der Waals surface area contributed by atoms with Crippen LogP contribution < -0.4 is 10.2 Å². The van der Waals surface area contributed by atoms with Gasteiger partial charge in [-0.05, 0) is 19.1 Å². The Kier molecular flexibility index (Phi) is 5.17. The summed E-state index contributed by atoms with van der Waals surface area (Å²) in [6.07, 6.45) is 0. The zero-order chi connectivity index (χ0) is 13.5. The predicted molar refractivity (Wildman–Crippen MR) is 69.5 cm³/mol. The highest BCUT2D eigenvalue weighted by atomic mass is 16.4. The van der Waals surface area contributed by atoms with E-state index in [2.05, 4.69) is 5.32 Å². The van der Waals surface area contributed by atoms with E-state index < -0.39 is 17.8 Å². The van der Waals surface area contributed by atoms with Crippen molar-refractivity contribution in [2.24, 2.45) is 5.92 Å².